The van der Waals surface area contributed by atoms with Crippen molar-refractivity contribution >= 4 is 17.0 Å². The lowest BCUT2D eigenvalue weighted by Crippen LogP contribution is -2.08. The third kappa shape index (κ3) is 4.29. The third-order valence-electron chi connectivity index (χ3n) is 3.53. The molecule has 2 rings (SSSR count). The fourth-order valence-corrected chi connectivity index (χ4v) is 2.38. The van der Waals surface area contributed by atoms with E-state index in [9.17, 15) is 9.18 Å². The van der Waals surface area contributed by atoms with Crippen molar-refractivity contribution in [3.63, 3.8) is 0 Å². The fraction of sp³-hybridized carbons (Fsp3) is 0.333. The molecule has 0 aliphatic carbocycles. The monoisotopic (exact) mass is 332 g/mol. The van der Waals surface area contributed by atoms with Gasteiger partial charge < -0.3 is 14.0 Å². The van der Waals surface area contributed by atoms with Gasteiger partial charge >= 0.3 is 5.97 Å². The molecule has 0 fully saturated rings. The van der Waals surface area contributed by atoms with Crippen LogP contribution in [-0.2, 0) is 22.4 Å². The van der Waals surface area contributed by atoms with Crippen LogP contribution in [0, 0.1) is 0 Å². The lowest BCUT2D eigenvalue weighted by molar-refractivity contribution is 0.0601. The van der Waals surface area contributed by atoms with Gasteiger partial charge in [-0.3, -0.25) is 0 Å². The molecule has 24 heavy (non-hydrogen) atoms. The van der Waals surface area contributed by atoms with Crippen LogP contribution in [0.5, 0.6) is 0 Å². The Hall–Kier alpha value is -2.47. The molecule has 0 aliphatic heterocycles. The summed E-state index contributed by atoms with van der Waals surface area (Å²) in [6, 6.07) is 5.25. The summed E-state index contributed by atoms with van der Waals surface area (Å²) in [5.41, 5.74) is 2.11. The molecule has 0 aliphatic rings. The molecular formula is C18H21FN2O3. The predicted octanol–water partition coefficient (Wildman–Crippen LogP) is 3.44. The maximum absolute atomic E-state index is 12.7. The first-order chi connectivity index (χ1) is 11.6. The second kappa shape index (κ2) is 8.40. The molecule has 0 saturated heterocycles. The highest BCUT2D eigenvalue weighted by molar-refractivity contribution is 5.93. The highest BCUT2D eigenvalue weighted by atomic mass is 19.1. The molecule has 1 aromatic carbocycles. The Kier molecular flexibility index (Phi) is 6.26. The van der Waals surface area contributed by atoms with E-state index in [0.717, 1.165) is 16.9 Å². The SMILES string of the molecule is COCCn1c(C/C=C/C=C(/C)F)nc2ccc(C(=O)OC)cc21. The number of hydrogen-bond donors (Lipinski definition) is 0. The van der Waals surface area contributed by atoms with Crippen molar-refractivity contribution in [2.75, 3.05) is 20.8 Å². The first kappa shape index (κ1) is 17.9. The maximum atomic E-state index is 12.7. The fourth-order valence-electron chi connectivity index (χ4n) is 2.38. The van der Waals surface area contributed by atoms with Crippen LogP contribution in [0.4, 0.5) is 4.39 Å². The minimum absolute atomic E-state index is 0.248. The number of halogens is 1. The quantitative estimate of drug-likeness (QED) is 0.576. The first-order valence-electron chi connectivity index (χ1n) is 7.62. The van der Waals surface area contributed by atoms with Crippen molar-refractivity contribution in [2.45, 2.75) is 19.9 Å². The van der Waals surface area contributed by atoms with Gasteiger partial charge in [-0.1, -0.05) is 12.2 Å². The van der Waals surface area contributed by atoms with E-state index < -0.39 is 0 Å². The molecule has 0 bridgehead atoms. The molecule has 1 heterocycles. The van der Waals surface area contributed by atoms with E-state index in [2.05, 4.69) is 4.98 Å². The van der Waals surface area contributed by atoms with Crippen LogP contribution in [0.3, 0.4) is 0 Å². The number of ether oxygens (including phenoxy) is 2. The number of imidazole rings is 1. The van der Waals surface area contributed by atoms with E-state index in [0.29, 0.717) is 25.1 Å². The standard InChI is InChI=1S/C18H21FN2O3/c1-13(19)6-4-5-7-17-20-15-9-8-14(18(22)24-3)12-16(15)21(17)10-11-23-2/h4-6,8-9,12H,7,10-11H2,1-3H3/b5-4+,13-6-. The van der Waals surface area contributed by atoms with Gasteiger partial charge in [0.15, 0.2) is 0 Å². The molecular weight excluding hydrogens is 311 g/mol. The van der Waals surface area contributed by atoms with Gasteiger partial charge in [-0.25, -0.2) is 14.2 Å². The summed E-state index contributed by atoms with van der Waals surface area (Å²) < 4.78 is 24.7. The summed E-state index contributed by atoms with van der Waals surface area (Å²) in [5, 5.41) is 0. The number of carbonyl (C=O) groups is 1. The summed E-state index contributed by atoms with van der Waals surface area (Å²) in [6.45, 7) is 2.53. The molecule has 128 valence electrons. The first-order valence-corrected chi connectivity index (χ1v) is 7.62. The lowest BCUT2D eigenvalue weighted by Gasteiger charge is -2.08. The van der Waals surface area contributed by atoms with Crippen LogP contribution in [0.1, 0.15) is 23.1 Å². The number of fused-ring (bicyclic) bond motifs is 1. The number of methoxy groups -OCH3 is 2. The largest absolute Gasteiger partial charge is 0.465 e. The van der Waals surface area contributed by atoms with Crippen molar-refractivity contribution in [3.05, 3.63) is 53.6 Å². The number of carbonyl (C=O) groups excluding carboxylic acids is 1. The maximum Gasteiger partial charge on any atom is 0.337 e. The summed E-state index contributed by atoms with van der Waals surface area (Å²) in [4.78, 5) is 16.3. The summed E-state index contributed by atoms with van der Waals surface area (Å²) >= 11 is 0. The van der Waals surface area contributed by atoms with E-state index in [1.54, 1.807) is 31.4 Å². The van der Waals surface area contributed by atoms with Crippen LogP contribution in [0.2, 0.25) is 0 Å². The van der Waals surface area contributed by atoms with Gasteiger partial charge in [0, 0.05) is 20.1 Å². The Morgan fingerprint density at radius 1 is 1.38 bits per heavy atom. The van der Waals surface area contributed by atoms with Gasteiger partial charge in [0.05, 0.1) is 36.1 Å². The zero-order valence-corrected chi connectivity index (χ0v) is 14.1. The van der Waals surface area contributed by atoms with E-state index in [1.807, 2.05) is 10.6 Å². The highest BCUT2D eigenvalue weighted by Crippen LogP contribution is 2.19. The number of benzene rings is 1. The van der Waals surface area contributed by atoms with Gasteiger partial charge in [0.2, 0.25) is 0 Å². The Balaban J connectivity index is 2.40. The van der Waals surface area contributed by atoms with Crippen molar-refractivity contribution in [1.29, 1.82) is 0 Å². The third-order valence-corrected chi connectivity index (χ3v) is 3.53. The van der Waals surface area contributed by atoms with Gasteiger partial charge in [0.1, 0.15) is 5.82 Å². The summed E-state index contributed by atoms with van der Waals surface area (Å²) in [6.07, 6.45) is 5.46. The summed E-state index contributed by atoms with van der Waals surface area (Å²) in [7, 11) is 2.98. The van der Waals surface area contributed by atoms with E-state index >= 15 is 0 Å². The Morgan fingerprint density at radius 2 is 2.17 bits per heavy atom. The van der Waals surface area contributed by atoms with Crippen molar-refractivity contribution in [2.24, 2.45) is 0 Å². The smallest absolute Gasteiger partial charge is 0.337 e. The van der Waals surface area contributed by atoms with Crippen molar-refractivity contribution < 1.29 is 18.7 Å². The number of aromatic nitrogens is 2. The second-order valence-electron chi connectivity index (χ2n) is 5.25. The highest BCUT2D eigenvalue weighted by Gasteiger charge is 2.13. The molecule has 0 amide bonds. The molecule has 6 heteroatoms. The van der Waals surface area contributed by atoms with Gasteiger partial charge in [0.25, 0.3) is 0 Å². The summed E-state index contributed by atoms with van der Waals surface area (Å²) in [5.74, 6) is 0.188. The molecule has 0 atom stereocenters. The number of nitrogens with zero attached hydrogens (tertiary/aromatic N) is 2. The van der Waals surface area contributed by atoms with Crippen LogP contribution < -0.4 is 0 Å². The number of allylic oxidation sites excluding steroid dienone is 4. The topological polar surface area (TPSA) is 53.4 Å². The van der Waals surface area contributed by atoms with Crippen LogP contribution >= 0.6 is 0 Å². The molecule has 0 saturated carbocycles. The average Bonchev–Trinajstić information content (AvgIpc) is 2.92. The molecule has 0 N–H and O–H groups in total. The van der Waals surface area contributed by atoms with Crippen LogP contribution in [-0.4, -0.2) is 36.3 Å². The van der Waals surface area contributed by atoms with Gasteiger partial charge in [-0.15, -0.1) is 0 Å². The number of hydrogen-bond acceptors (Lipinski definition) is 4. The van der Waals surface area contributed by atoms with Gasteiger partial charge in [-0.05, 0) is 31.2 Å². The van der Waals surface area contributed by atoms with E-state index in [-0.39, 0.29) is 11.8 Å². The molecule has 0 spiro atoms. The molecule has 2 aromatic rings. The normalized spacial score (nSPS) is 12.2. The second-order valence-corrected chi connectivity index (χ2v) is 5.25. The van der Waals surface area contributed by atoms with Crippen molar-refractivity contribution in [1.82, 2.24) is 9.55 Å². The van der Waals surface area contributed by atoms with E-state index in [4.69, 9.17) is 9.47 Å². The molecule has 1 aromatic heterocycles. The Bertz CT molecular complexity index is 774. The Labute approximate surface area is 140 Å². The molecule has 0 unspecified atom stereocenters. The van der Waals surface area contributed by atoms with Crippen LogP contribution in [0.15, 0.2) is 42.3 Å². The minimum Gasteiger partial charge on any atom is -0.465 e. The predicted molar refractivity (Wildman–Crippen MR) is 90.7 cm³/mol. The van der Waals surface area contributed by atoms with E-state index in [1.165, 1.54) is 20.1 Å². The van der Waals surface area contributed by atoms with Crippen LogP contribution in [0.25, 0.3) is 11.0 Å². The Morgan fingerprint density at radius 3 is 2.83 bits per heavy atom. The van der Waals surface area contributed by atoms with Gasteiger partial charge in [-0.2, -0.15) is 0 Å². The molecule has 0 radical (unpaired) electrons. The molecule has 5 nitrogen and oxygen atoms in total. The van der Waals surface area contributed by atoms with Crippen molar-refractivity contribution in [3.8, 4) is 0 Å². The average molecular weight is 332 g/mol. The zero-order valence-electron chi connectivity index (χ0n) is 14.1. The number of esters is 1. The zero-order chi connectivity index (χ0) is 17.5. The minimum atomic E-state index is -0.388. The lowest BCUT2D eigenvalue weighted by atomic mass is 10.2. The number of rotatable bonds is 7.